The van der Waals surface area contributed by atoms with Crippen molar-refractivity contribution in [1.82, 2.24) is 5.32 Å². The van der Waals surface area contributed by atoms with Crippen LogP contribution in [0, 0.1) is 5.92 Å². The molecule has 3 N–H and O–H groups in total. The van der Waals surface area contributed by atoms with Gasteiger partial charge in [-0.25, -0.2) is 8.42 Å². The number of hydrogen-bond donors (Lipinski definition) is 2. The summed E-state index contributed by atoms with van der Waals surface area (Å²) in [5.41, 5.74) is 0. The summed E-state index contributed by atoms with van der Waals surface area (Å²) in [7, 11) is -3.00. The molecule has 1 aliphatic rings. The second kappa shape index (κ2) is 6.35. The van der Waals surface area contributed by atoms with E-state index in [0.717, 1.165) is 0 Å². The molecule has 0 aliphatic carbocycles. The Hall–Kier alpha value is 0.250. The molecule has 1 heterocycles. The van der Waals surface area contributed by atoms with Crippen LogP contribution in [-0.4, -0.2) is 41.8 Å². The average molecular weight is 353 g/mol. The van der Waals surface area contributed by atoms with E-state index in [1.54, 1.807) is 19.2 Å². The molecular weight excluding hydrogens is 335 g/mol. The van der Waals surface area contributed by atoms with Gasteiger partial charge in [-0.3, -0.25) is 4.79 Å². The number of carbonyl (C=O) groups excluding carboxylic acids is 1. The lowest BCUT2D eigenvalue weighted by Crippen LogP contribution is -3.01. The first kappa shape index (κ1) is 17.3. The lowest BCUT2D eigenvalue weighted by molar-refractivity contribution is -0.719. The number of hydrogen-bond acceptors (Lipinski definition) is 3. The second-order valence-electron chi connectivity index (χ2n) is 5.04. The minimum Gasteiger partial charge on any atom is -0.320 e. The van der Waals surface area contributed by atoms with Gasteiger partial charge in [-0.05, 0) is 0 Å². The summed E-state index contributed by atoms with van der Waals surface area (Å²) >= 11 is 17.5. The third kappa shape index (κ3) is 5.63. The summed E-state index contributed by atoms with van der Waals surface area (Å²) in [6, 6.07) is -0.196. The van der Waals surface area contributed by atoms with Crippen LogP contribution in [0.3, 0.4) is 0 Å². The van der Waals surface area contributed by atoms with Crippen molar-refractivity contribution in [3.8, 4) is 0 Å². The third-order valence-corrected chi connectivity index (χ3v) is 5.41. The van der Waals surface area contributed by atoms with E-state index in [1.165, 1.54) is 0 Å². The van der Waals surface area contributed by atoms with E-state index in [0.29, 0.717) is 6.42 Å². The molecule has 1 fully saturated rings. The highest BCUT2D eigenvalue weighted by Gasteiger charge is 2.42. The fourth-order valence-corrected chi connectivity index (χ4v) is 3.95. The highest BCUT2D eigenvalue weighted by atomic mass is 35.6. The number of quaternary nitrogens is 1. The van der Waals surface area contributed by atoms with Gasteiger partial charge in [0, 0.05) is 12.3 Å². The highest BCUT2D eigenvalue weighted by molar-refractivity contribution is 7.91. The maximum atomic E-state index is 11.7. The topological polar surface area (TPSA) is 79.8 Å². The van der Waals surface area contributed by atoms with E-state index in [1.807, 2.05) is 0 Å². The van der Waals surface area contributed by atoms with Crippen molar-refractivity contribution in [3.05, 3.63) is 0 Å². The molecule has 0 aromatic carbocycles. The largest absolute Gasteiger partial charge is 0.320 e. The van der Waals surface area contributed by atoms with Crippen LogP contribution in [0.15, 0.2) is 0 Å². The molecule has 0 unspecified atom stereocenters. The number of amides is 1. The van der Waals surface area contributed by atoms with E-state index in [-0.39, 0.29) is 29.4 Å². The van der Waals surface area contributed by atoms with Crippen molar-refractivity contribution in [1.29, 1.82) is 0 Å². The van der Waals surface area contributed by atoms with Crippen molar-refractivity contribution < 1.29 is 18.5 Å². The maximum absolute atomic E-state index is 11.7. The summed E-state index contributed by atoms with van der Waals surface area (Å²) in [4.78, 5) is 11.7. The van der Waals surface area contributed by atoms with Gasteiger partial charge in [-0.1, -0.05) is 48.7 Å². The highest BCUT2D eigenvalue weighted by Crippen LogP contribution is 2.27. The van der Waals surface area contributed by atoms with E-state index in [2.05, 4.69) is 5.32 Å². The molecule has 5 nitrogen and oxygen atoms in total. The number of sulfone groups is 1. The molecule has 2 atom stereocenters. The number of nitrogens with one attached hydrogen (secondary N) is 1. The van der Waals surface area contributed by atoms with Crippen LogP contribution in [0.4, 0.5) is 0 Å². The summed E-state index contributed by atoms with van der Waals surface area (Å²) in [6.45, 7) is 3.45. The number of rotatable bonds is 4. The molecule has 1 saturated heterocycles. The zero-order chi connectivity index (χ0) is 14.8. The van der Waals surface area contributed by atoms with Gasteiger partial charge in [0.25, 0.3) is 3.79 Å². The number of alkyl halides is 3. The first-order valence-corrected chi connectivity index (χ1v) is 8.89. The molecule has 1 rings (SSSR count). The van der Waals surface area contributed by atoms with Gasteiger partial charge in [-0.15, -0.1) is 0 Å². The predicted molar refractivity (Wildman–Crippen MR) is 76.0 cm³/mol. The molecule has 1 aliphatic heterocycles. The smallest absolute Gasteiger partial charge is 0.262 e. The van der Waals surface area contributed by atoms with Crippen LogP contribution < -0.4 is 10.6 Å². The molecule has 0 aromatic heterocycles. The molecule has 1 amide bonds. The van der Waals surface area contributed by atoms with Gasteiger partial charge in [0.05, 0.1) is 5.75 Å². The van der Waals surface area contributed by atoms with E-state index in [9.17, 15) is 13.2 Å². The van der Waals surface area contributed by atoms with Gasteiger partial charge in [-0.2, -0.15) is 0 Å². The van der Waals surface area contributed by atoms with E-state index in [4.69, 9.17) is 34.8 Å². The Morgan fingerprint density at radius 1 is 1.37 bits per heavy atom. The molecule has 0 saturated carbocycles. The molecule has 0 bridgehead atoms. The van der Waals surface area contributed by atoms with Gasteiger partial charge in [0.15, 0.2) is 9.84 Å². The van der Waals surface area contributed by atoms with Crippen molar-refractivity contribution >= 4 is 50.5 Å². The molecule has 0 radical (unpaired) electrons. The molecular formula is C10H18Cl3N2O3S+. The van der Waals surface area contributed by atoms with Crippen molar-refractivity contribution in [2.45, 2.75) is 36.3 Å². The van der Waals surface area contributed by atoms with Crippen molar-refractivity contribution in [2.24, 2.45) is 5.92 Å². The van der Waals surface area contributed by atoms with Crippen LogP contribution in [0.25, 0.3) is 0 Å². The molecule has 9 heteroatoms. The summed E-state index contributed by atoms with van der Waals surface area (Å²) in [5.74, 6) is -0.301. The lowest BCUT2D eigenvalue weighted by Gasteiger charge is -2.26. The monoisotopic (exact) mass is 351 g/mol. The van der Waals surface area contributed by atoms with Gasteiger partial charge >= 0.3 is 0 Å². The van der Waals surface area contributed by atoms with Crippen LogP contribution >= 0.6 is 34.8 Å². The fourth-order valence-electron chi connectivity index (χ4n) is 1.81. The van der Waals surface area contributed by atoms with Gasteiger partial charge < -0.3 is 10.6 Å². The molecule has 19 heavy (non-hydrogen) atoms. The number of halogens is 3. The Morgan fingerprint density at radius 2 is 1.95 bits per heavy atom. The summed E-state index contributed by atoms with van der Waals surface area (Å²) in [6.07, 6.45) is -0.303. The van der Waals surface area contributed by atoms with E-state index < -0.39 is 19.8 Å². The summed E-state index contributed by atoms with van der Waals surface area (Å²) < 4.78 is 21.1. The minimum absolute atomic E-state index is 0.0434. The Morgan fingerprint density at radius 3 is 2.32 bits per heavy atom. The van der Waals surface area contributed by atoms with Crippen molar-refractivity contribution in [2.75, 3.05) is 11.5 Å². The fraction of sp³-hybridized carbons (Fsp3) is 0.900. The Balaban J connectivity index is 2.69. The Labute approximate surface area is 128 Å². The number of nitrogens with two attached hydrogens (primary N) is 1. The van der Waals surface area contributed by atoms with Gasteiger partial charge in [0.1, 0.15) is 11.8 Å². The molecule has 0 aromatic rings. The van der Waals surface area contributed by atoms with Crippen LogP contribution in [0.5, 0.6) is 0 Å². The van der Waals surface area contributed by atoms with Crippen LogP contribution in [-0.2, 0) is 14.6 Å². The summed E-state index contributed by atoms with van der Waals surface area (Å²) in [5, 5.41) is 4.25. The maximum Gasteiger partial charge on any atom is 0.262 e. The quantitative estimate of drug-likeness (QED) is 0.560. The van der Waals surface area contributed by atoms with Gasteiger partial charge in [0.2, 0.25) is 12.1 Å². The second-order valence-corrected chi connectivity index (χ2v) is 9.64. The number of carbonyl (C=O) groups is 1. The average Bonchev–Trinajstić information content (AvgIpc) is 2.55. The van der Waals surface area contributed by atoms with Crippen LogP contribution in [0.1, 0.15) is 20.3 Å². The SMILES string of the molecule is CC(C)C(=O)N[C@@H]([NH2+][C@@H]1CCS(=O)(=O)C1)C(Cl)(Cl)Cl. The Kier molecular flexibility index (Phi) is 5.78. The zero-order valence-corrected chi connectivity index (χ0v) is 13.8. The third-order valence-electron chi connectivity index (χ3n) is 2.91. The molecule has 0 spiro atoms. The normalized spacial score (nSPS) is 24.4. The first-order valence-electron chi connectivity index (χ1n) is 5.94. The first-order chi connectivity index (χ1) is 8.51. The van der Waals surface area contributed by atoms with Crippen LogP contribution in [0.2, 0.25) is 0 Å². The predicted octanol–water partition coefficient (Wildman–Crippen LogP) is 0.205. The van der Waals surface area contributed by atoms with Crippen molar-refractivity contribution in [3.63, 3.8) is 0 Å². The Bertz CT molecular complexity index is 434. The van der Waals surface area contributed by atoms with E-state index >= 15 is 0 Å². The minimum atomic E-state index is -3.00. The standard InChI is InChI=1S/C10H17Cl3N2O3S/c1-6(2)8(16)15-9(10(11,12)13)14-7-3-4-19(17,18)5-7/h6-7,9,14H,3-5H2,1-2H3,(H,15,16)/p+1/t7-,9-/m1/s1. The lowest BCUT2D eigenvalue weighted by atomic mass is 10.2. The zero-order valence-electron chi connectivity index (χ0n) is 10.7. The molecule has 112 valence electrons.